The number of piperidine rings is 1. The molecule has 1 fully saturated rings. The molecule has 0 amide bonds. The van der Waals surface area contributed by atoms with Crippen molar-refractivity contribution in [1.29, 1.82) is 0 Å². The molecule has 0 atom stereocenters. The van der Waals surface area contributed by atoms with Crippen LogP contribution in [0.2, 0.25) is 0 Å². The summed E-state index contributed by atoms with van der Waals surface area (Å²) in [5.74, 6) is 0.830. The summed E-state index contributed by atoms with van der Waals surface area (Å²) in [6.45, 7) is 4.47. The molecule has 1 heterocycles. The maximum Gasteiger partial charge on any atom is 0.0359 e. The topological polar surface area (TPSA) is 41.3 Å². The summed E-state index contributed by atoms with van der Waals surface area (Å²) in [5, 5.41) is 3.53. The van der Waals surface area contributed by atoms with Gasteiger partial charge in [0.2, 0.25) is 0 Å². The number of benzene rings is 1. The molecule has 0 aliphatic carbocycles. The maximum absolute atomic E-state index is 5.91. The Morgan fingerprint density at radius 2 is 2.00 bits per heavy atom. The van der Waals surface area contributed by atoms with Gasteiger partial charge in [-0.25, -0.2) is 0 Å². The van der Waals surface area contributed by atoms with Gasteiger partial charge in [-0.15, -0.1) is 0 Å². The van der Waals surface area contributed by atoms with E-state index in [-0.39, 0.29) is 0 Å². The first kappa shape index (κ1) is 12.4. The van der Waals surface area contributed by atoms with Crippen molar-refractivity contribution in [2.75, 3.05) is 32.4 Å². The molecule has 1 aliphatic heterocycles. The van der Waals surface area contributed by atoms with Gasteiger partial charge in [0, 0.05) is 12.2 Å². The molecule has 0 bridgehead atoms. The summed E-state index contributed by atoms with van der Waals surface area (Å²) in [5.41, 5.74) is 8.01. The van der Waals surface area contributed by atoms with E-state index in [4.69, 9.17) is 5.73 Å². The van der Waals surface area contributed by atoms with E-state index in [1.165, 1.54) is 31.5 Å². The summed E-state index contributed by atoms with van der Waals surface area (Å²) in [4.78, 5) is 2.41. The van der Waals surface area contributed by atoms with E-state index >= 15 is 0 Å². The monoisotopic (exact) mass is 233 g/mol. The molecule has 1 saturated heterocycles. The van der Waals surface area contributed by atoms with Crippen molar-refractivity contribution < 1.29 is 0 Å². The number of hydrogen-bond donors (Lipinski definition) is 2. The Bertz CT molecular complexity index is 343. The summed E-state index contributed by atoms with van der Waals surface area (Å²) in [6.07, 6.45) is 2.63. The zero-order valence-corrected chi connectivity index (χ0v) is 10.7. The normalized spacial score (nSPS) is 18.4. The van der Waals surface area contributed by atoms with Crippen LogP contribution in [0.4, 0.5) is 5.69 Å². The fourth-order valence-corrected chi connectivity index (χ4v) is 2.37. The Kier molecular flexibility index (Phi) is 4.40. The molecule has 0 spiro atoms. The smallest absolute Gasteiger partial charge is 0.0359 e. The Balaban J connectivity index is 1.71. The van der Waals surface area contributed by atoms with Crippen LogP contribution >= 0.6 is 0 Å². The molecule has 3 nitrogen and oxygen atoms in total. The molecule has 0 aromatic heterocycles. The van der Waals surface area contributed by atoms with E-state index in [2.05, 4.69) is 23.3 Å². The Morgan fingerprint density at radius 1 is 1.29 bits per heavy atom. The van der Waals surface area contributed by atoms with Gasteiger partial charge >= 0.3 is 0 Å². The van der Waals surface area contributed by atoms with Crippen LogP contribution in [0.25, 0.3) is 0 Å². The number of rotatable bonds is 4. The Hall–Kier alpha value is -1.06. The van der Waals surface area contributed by atoms with E-state index in [1.807, 2.05) is 18.2 Å². The molecule has 0 saturated carbocycles. The van der Waals surface area contributed by atoms with Gasteiger partial charge in [-0.05, 0) is 57.1 Å². The summed E-state index contributed by atoms with van der Waals surface area (Å²) < 4.78 is 0. The molecule has 1 aliphatic rings. The van der Waals surface area contributed by atoms with E-state index < -0.39 is 0 Å². The highest BCUT2D eigenvalue weighted by Gasteiger charge is 2.15. The maximum atomic E-state index is 5.91. The number of likely N-dealkylation sites (tertiary alicyclic amines) is 1. The van der Waals surface area contributed by atoms with Crippen LogP contribution in [0.15, 0.2) is 24.3 Å². The lowest BCUT2D eigenvalue weighted by molar-refractivity contribution is 0.216. The fraction of sp³-hybridized carbons (Fsp3) is 0.571. The van der Waals surface area contributed by atoms with Crippen molar-refractivity contribution in [3.8, 4) is 0 Å². The lowest BCUT2D eigenvalue weighted by atomic mass is 9.97. The highest BCUT2D eigenvalue weighted by molar-refractivity contribution is 5.46. The minimum Gasteiger partial charge on any atom is -0.398 e. The minimum atomic E-state index is 0.830. The van der Waals surface area contributed by atoms with Gasteiger partial charge in [0.05, 0.1) is 0 Å². The Labute approximate surface area is 104 Å². The SMILES string of the molecule is CN1CCC(CNCc2ccccc2N)CC1. The third-order valence-electron chi connectivity index (χ3n) is 3.64. The van der Waals surface area contributed by atoms with E-state index in [1.54, 1.807) is 0 Å². The van der Waals surface area contributed by atoms with Gasteiger partial charge in [0.25, 0.3) is 0 Å². The lowest BCUT2D eigenvalue weighted by Gasteiger charge is -2.29. The molecular formula is C14H23N3. The van der Waals surface area contributed by atoms with Gasteiger partial charge in [-0.2, -0.15) is 0 Å². The zero-order valence-electron chi connectivity index (χ0n) is 10.7. The molecule has 3 heteroatoms. The third kappa shape index (κ3) is 3.72. The Morgan fingerprint density at radius 3 is 2.71 bits per heavy atom. The van der Waals surface area contributed by atoms with Crippen LogP contribution < -0.4 is 11.1 Å². The first-order chi connectivity index (χ1) is 8.25. The average molecular weight is 233 g/mol. The van der Waals surface area contributed by atoms with Crippen LogP contribution in [0.5, 0.6) is 0 Å². The van der Waals surface area contributed by atoms with Crippen LogP contribution in [0, 0.1) is 5.92 Å². The van der Waals surface area contributed by atoms with Gasteiger partial charge in [0.1, 0.15) is 0 Å². The molecule has 1 aromatic rings. The van der Waals surface area contributed by atoms with E-state index in [0.29, 0.717) is 0 Å². The third-order valence-corrected chi connectivity index (χ3v) is 3.64. The van der Waals surface area contributed by atoms with Gasteiger partial charge in [0.15, 0.2) is 0 Å². The summed E-state index contributed by atoms with van der Waals surface area (Å²) in [7, 11) is 2.20. The van der Waals surface area contributed by atoms with Crippen molar-refractivity contribution >= 4 is 5.69 Å². The molecule has 17 heavy (non-hydrogen) atoms. The van der Waals surface area contributed by atoms with Gasteiger partial charge in [-0.3, -0.25) is 0 Å². The summed E-state index contributed by atoms with van der Waals surface area (Å²) in [6, 6.07) is 8.09. The highest BCUT2D eigenvalue weighted by atomic mass is 15.1. The number of nitrogens with two attached hydrogens (primary N) is 1. The number of anilines is 1. The van der Waals surface area contributed by atoms with Crippen molar-refractivity contribution in [2.24, 2.45) is 5.92 Å². The molecule has 0 radical (unpaired) electrons. The second-order valence-electron chi connectivity index (χ2n) is 5.08. The van der Waals surface area contributed by atoms with Crippen molar-refractivity contribution in [3.63, 3.8) is 0 Å². The molecule has 0 unspecified atom stereocenters. The zero-order chi connectivity index (χ0) is 12.1. The minimum absolute atomic E-state index is 0.830. The molecule has 94 valence electrons. The van der Waals surface area contributed by atoms with E-state index in [0.717, 1.165) is 24.7 Å². The van der Waals surface area contributed by atoms with Crippen LogP contribution in [0.3, 0.4) is 0 Å². The first-order valence-corrected chi connectivity index (χ1v) is 6.48. The number of para-hydroxylation sites is 1. The molecule has 1 aromatic carbocycles. The van der Waals surface area contributed by atoms with Crippen LogP contribution in [-0.2, 0) is 6.54 Å². The molecular weight excluding hydrogens is 210 g/mol. The van der Waals surface area contributed by atoms with Crippen LogP contribution in [-0.4, -0.2) is 31.6 Å². The number of nitrogens with one attached hydrogen (secondary N) is 1. The van der Waals surface area contributed by atoms with Gasteiger partial charge in [-0.1, -0.05) is 18.2 Å². The lowest BCUT2D eigenvalue weighted by Crippen LogP contribution is -2.34. The largest absolute Gasteiger partial charge is 0.398 e. The van der Waals surface area contributed by atoms with Crippen molar-refractivity contribution in [1.82, 2.24) is 10.2 Å². The predicted molar refractivity (Wildman–Crippen MR) is 72.8 cm³/mol. The molecule has 2 rings (SSSR count). The number of nitrogens with zero attached hydrogens (tertiary/aromatic N) is 1. The van der Waals surface area contributed by atoms with Crippen molar-refractivity contribution in [3.05, 3.63) is 29.8 Å². The second kappa shape index (κ2) is 6.03. The molecule has 3 N–H and O–H groups in total. The first-order valence-electron chi connectivity index (χ1n) is 6.48. The number of hydrogen-bond acceptors (Lipinski definition) is 3. The van der Waals surface area contributed by atoms with E-state index in [9.17, 15) is 0 Å². The number of nitrogen functional groups attached to an aromatic ring is 1. The van der Waals surface area contributed by atoms with Crippen LogP contribution in [0.1, 0.15) is 18.4 Å². The van der Waals surface area contributed by atoms with Gasteiger partial charge < -0.3 is 16.0 Å². The standard InChI is InChI=1S/C14H23N3/c1-17-8-6-12(7-9-17)10-16-11-13-4-2-3-5-14(13)15/h2-5,12,16H,6-11,15H2,1H3. The highest BCUT2D eigenvalue weighted by Crippen LogP contribution is 2.15. The fourth-order valence-electron chi connectivity index (χ4n) is 2.37. The summed E-state index contributed by atoms with van der Waals surface area (Å²) >= 11 is 0. The predicted octanol–water partition coefficient (Wildman–Crippen LogP) is 1.70. The van der Waals surface area contributed by atoms with Crippen molar-refractivity contribution in [2.45, 2.75) is 19.4 Å². The average Bonchev–Trinajstić information content (AvgIpc) is 2.34. The quantitative estimate of drug-likeness (QED) is 0.778. The second-order valence-corrected chi connectivity index (χ2v) is 5.08.